The zero-order chi connectivity index (χ0) is 53.6. The van der Waals surface area contributed by atoms with Gasteiger partial charge < -0.3 is 20.3 Å². The van der Waals surface area contributed by atoms with Crippen molar-refractivity contribution in [3.63, 3.8) is 0 Å². The highest BCUT2D eigenvalue weighted by molar-refractivity contribution is 5.76. The van der Waals surface area contributed by atoms with Gasteiger partial charge >= 0.3 is 5.97 Å². The maximum Gasteiger partial charge on any atom is 0.305 e. The number of nitrogens with one attached hydrogen (secondary N) is 1. The first-order valence-electron chi connectivity index (χ1n) is 33.6. The van der Waals surface area contributed by atoms with Crippen LogP contribution in [-0.4, -0.2) is 47.4 Å². The van der Waals surface area contributed by atoms with Gasteiger partial charge in [-0.15, -0.1) is 0 Å². The lowest BCUT2D eigenvalue weighted by molar-refractivity contribution is -0.143. The number of carbonyl (C=O) groups excluding carboxylic acids is 2. The van der Waals surface area contributed by atoms with Crippen molar-refractivity contribution >= 4 is 11.9 Å². The maximum absolute atomic E-state index is 12.4. The second-order valence-electron chi connectivity index (χ2n) is 23.1. The molecule has 0 aliphatic carbocycles. The normalized spacial score (nSPS) is 12.6. The molecule has 6 nitrogen and oxygen atoms in total. The number of esters is 1. The van der Waals surface area contributed by atoms with E-state index in [0.29, 0.717) is 25.9 Å². The predicted octanol–water partition coefficient (Wildman–Crippen LogP) is 21.4. The SMILES string of the molecule is CCCCC/C=C\CCCCCCCC(=O)OCCCCCCCCCCCCCCCC/C=C\CCCCCCCCCCCCCCCCCCCC(=O)NC(CO)C(O)CCCCCCCCCCCC. The number of aliphatic hydroxyl groups is 2. The van der Waals surface area contributed by atoms with Gasteiger partial charge in [-0.25, -0.2) is 0 Å². The van der Waals surface area contributed by atoms with E-state index in [4.69, 9.17) is 4.74 Å². The minimum absolute atomic E-state index is 0.0103. The summed E-state index contributed by atoms with van der Waals surface area (Å²) in [5.41, 5.74) is 0. The number of rotatable bonds is 63. The van der Waals surface area contributed by atoms with Gasteiger partial charge in [0, 0.05) is 12.8 Å². The van der Waals surface area contributed by atoms with E-state index in [9.17, 15) is 19.8 Å². The lowest BCUT2D eigenvalue weighted by Crippen LogP contribution is -2.45. The molecule has 2 unspecified atom stereocenters. The molecule has 0 spiro atoms. The van der Waals surface area contributed by atoms with Gasteiger partial charge in [0.05, 0.1) is 25.4 Å². The number of carbonyl (C=O) groups is 2. The standard InChI is InChI=1S/C68H131NO5/c1-3-5-7-9-11-13-15-42-46-50-54-58-62-68(73)74-63-59-55-51-47-43-40-38-36-34-32-30-28-26-24-22-20-18-16-17-19-21-23-25-27-29-31-33-35-37-39-41-45-49-53-57-61-67(72)69-65(64-70)66(71)60-56-52-48-44-14-12-10-8-6-4-2/h11,13,18,20,65-66,70-71H,3-10,12,14-17,19,21-64H2,1-2H3,(H,69,72)/b13-11-,20-18-. The topological polar surface area (TPSA) is 95.9 Å². The Morgan fingerprint density at radius 2 is 0.635 bits per heavy atom. The van der Waals surface area contributed by atoms with Crippen molar-refractivity contribution < 1.29 is 24.5 Å². The molecule has 0 radical (unpaired) electrons. The van der Waals surface area contributed by atoms with Crippen LogP contribution in [0.15, 0.2) is 24.3 Å². The molecule has 438 valence electrons. The molecule has 0 aromatic heterocycles. The first kappa shape index (κ1) is 72.3. The molecular weight excluding hydrogens is 911 g/mol. The number of hydrogen-bond acceptors (Lipinski definition) is 5. The molecule has 0 aromatic carbocycles. The van der Waals surface area contributed by atoms with Crippen LogP contribution in [0.2, 0.25) is 0 Å². The van der Waals surface area contributed by atoms with Crippen molar-refractivity contribution in [3.05, 3.63) is 24.3 Å². The first-order chi connectivity index (χ1) is 36.5. The molecule has 0 aliphatic heterocycles. The summed E-state index contributed by atoms with van der Waals surface area (Å²) in [4.78, 5) is 24.5. The minimum atomic E-state index is -0.659. The fourth-order valence-corrected chi connectivity index (χ4v) is 10.6. The predicted molar refractivity (Wildman–Crippen MR) is 324 cm³/mol. The first-order valence-corrected chi connectivity index (χ1v) is 33.6. The van der Waals surface area contributed by atoms with Gasteiger partial charge in [0.25, 0.3) is 0 Å². The van der Waals surface area contributed by atoms with E-state index < -0.39 is 12.1 Å². The number of aliphatic hydroxyl groups excluding tert-OH is 2. The van der Waals surface area contributed by atoms with Gasteiger partial charge in [0.15, 0.2) is 0 Å². The third kappa shape index (κ3) is 59.6. The molecule has 0 rings (SSSR count). The molecule has 0 heterocycles. The molecule has 0 saturated carbocycles. The molecule has 3 N–H and O–H groups in total. The minimum Gasteiger partial charge on any atom is -0.466 e. The Hall–Kier alpha value is -1.66. The lowest BCUT2D eigenvalue weighted by Gasteiger charge is -2.22. The maximum atomic E-state index is 12.4. The van der Waals surface area contributed by atoms with Crippen LogP contribution in [-0.2, 0) is 14.3 Å². The number of ether oxygens (including phenoxy) is 1. The lowest BCUT2D eigenvalue weighted by atomic mass is 10.0. The molecule has 2 atom stereocenters. The van der Waals surface area contributed by atoms with Crippen LogP contribution in [0.3, 0.4) is 0 Å². The summed E-state index contributed by atoms with van der Waals surface area (Å²) in [6.07, 6.45) is 79.5. The molecule has 74 heavy (non-hydrogen) atoms. The zero-order valence-electron chi connectivity index (χ0n) is 50.1. The fraction of sp³-hybridized carbons (Fsp3) is 0.912. The summed E-state index contributed by atoms with van der Waals surface area (Å²) in [7, 11) is 0. The zero-order valence-corrected chi connectivity index (χ0v) is 50.1. The molecule has 1 amide bonds. The average Bonchev–Trinajstić information content (AvgIpc) is 3.40. The Balaban J connectivity index is 3.31. The highest BCUT2D eigenvalue weighted by Gasteiger charge is 2.20. The van der Waals surface area contributed by atoms with Crippen molar-refractivity contribution in [2.45, 2.75) is 386 Å². The Morgan fingerprint density at radius 1 is 0.365 bits per heavy atom. The molecule has 6 heteroatoms. The van der Waals surface area contributed by atoms with E-state index in [-0.39, 0.29) is 18.5 Å². The Morgan fingerprint density at radius 3 is 0.986 bits per heavy atom. The van der Waals surface area contributed by atoms with Crippen molar-refractivity contribution in [3.8, 4) is 0 Å². The van der Waals surface area contributed by atoms with Crippen molar-refractivity contribution in [1.82, 2.24) is 5.32 Å². The smallest absolute Gasteiger partial charge is 0.305 e. The Kier molecular flexibility index (Phi) is 62.4. The third-order valence-electron chi connectivity index (χ3n) is 15.7. The molecule has 0 fully saturated rings. The van der Waals surface area contributed by atoms with Crippen LogP contribution in [0.1, 0.15) is 373 Å². The van der Waals surface area contributed by atoms with Crippen molar-refractivity contribution in [1.29, 1.82) is 0 Å². The Labute approximate surface area is 462 Å². The second-order valence-corrected chi connectivity index (χ2v) is 23.1. The molecule has 0 aromatic rings. The summed E-state index contributed by atoms with van der Waals surface area (Å²) in [5.74, 6) is -0.0212. The van der Waals surface area contributed by atoms with Crippen molar-refractivity contribution in [2.75, 3.05) is 13.2 Å². The van der Waals surface area contributed by atoms with Crippen LogP contribution in [0.5, 0.6) is 0 Å². The van der Waals surface area contributed by atoms with Gasteiger partial charge in [-0.05, 0) is 77.0 Å². The Bertz CT molecular complexity index is 1150. The van der Waals surface area contributed by atoms with Crippen LogP contribution in [0, 0.1) is 0 Å². The van der Waals surface area contributed by atoms with E-state index in [2.05, 4.69) is 43.5 Å². The van der Waals surface area contributed by atoms with Crippen LogP contribution >= 0.6 is 0 Å². The average molecular weight is 1040 g/mol. The molecule has 0 saturated heterocycles. The van der Waals surface area contributed by atoms with Gasteiger partial charge in [0.2, 0.25) is 5.91 Å². The van der Waals surface area contributed by atoms with E-state index in [0.717, 1.165) is 44.9 Å². The van der Waals surface area contributed by atoms with Crippen LogP contribution in [0.4, 0.5) is 0 Å². The van der Waals surface area contributed by atoms with Gasteiger partial charge in [-0.1, -0.05) is 308 Å². The summed E-state index contributed by atoms with van der Waals surface area (Å²) in [5, 5.41) is 23.2. The second kappa shape index (κ2) is 63.9. The number of allylic oxidation sites excluding steroid dienone is 4. The van der Waals surface area contributed by atoms with Crippen LogP contribution < -0.4 is 5.32 Å². The monoisotopic (exact) mass is 1040 g/mol. The quantitative estimate of drug-likeness (QED) is 0.0320. The summed E-state index contributed by atoms with van der Waals surface area (Å²) in [6, 6.07) is -0.536. The van der Waals surface area contributed by atoms with Gasteiger partial charge in [0.1, 0.15) is 0 Å². The number of hydrogen-bond donors (Lipinski definition) is 3. The van der Waals surface area contributed by atoms with Gasteiger partial charge in [-0.2, -0.15) is 0 Å². The van der Waals surface area contributed by atoms with Crippen LogP contribution in [0.25, 0.3) is 0 Å². The largest absolute Gasteiger partial charge is 0.466 e. The summed E-state index contributed by atoms with van der Waals surface area (Å²) in [6.45, 7) is 4.93. The van der Waals surface area contributed by atoms with E-state index in [1.807, 2.05) is 0 Å². The third-order valence-corrected chi connectivity index (χ3v) is 15.7. The van der Waals surface area contributed by atoms with E-state index in [1.54, 1.807) is 0 Å². The highest BCUT2D eigenvalue weighted by atomic mass is 16.5. The summed E-state index contributed by atoms with van der Waals surface area (Å²) >= 11 is 0. The van der Waals surface area contributed by atoms with Gasteiger partial charge in [-0.3, -0.25) is 9.59 Å². The van der Waals surface area contributed by atoms with E-state index >= 15 is 0 Å². The molecule has 0 bridgehead atoms. The van der Waals surface area contributed by atoms with E-state index in [1.165, 1.54) is 295 Å². The highest BCUT2D eigenvalue weighted by Crippen LogP contribution is 2.18. The van der Waals surface area contributed by atoms with Crippen molar-refractivity contribution in [2.24, 2.45) is 0 Å². The molecular formula is C68H131NO5. The fourth-order valence-electron chi connectivity index (χ4n) is 10.6. The number of unbranched alkanes of at least 4 members (excludes halogenated alkanes) is 48. The number of amides is 1. The molecule has 0 aliphatic rings. The summed E-state index contributed by atoms with van der Waals surface area (Å²) < 4.78 is 5.47.